The second kappa shape index (κ2) is 7.77. The van der Waals surface area contributed by atoms with Gasteiger partial charge in [0.15, 0.2) is 0 Å². The Morgan fingerprint density at radius 3 is 3.05 bits per heavy atom. The molecular formula is C15H25BrN2S. The smallest absolute Gasteiger partial charge is 0.0325 e. The Kier molecular flexibility index (Phi) is 6.33. The van der Waals surface area contributed by atoms with E-state index in [1.807, 2.05) is 11.3 Å². The van der Waals surface area contributed by atoms with Crippen LogP contribution in [0.15, 0.2) is 15.9 Å². The second-order valence-corrected chi connectivity index (χ2v) is 7.75. The van der Waals surface area contributed by atoms with E-state index < -0.39 is 0 Å². The van der Waals surface area contributed by atoms with Crippen molar-refractivity contribution in [2.24, 2.45) is 11.8 Å². The topological polar surface area (TPSA) is 15.3 Å². The minimum absolute atomic E-state index is 0.838. The van der Waals surface area contributed by atoms with Gasteiger partial charge in [0, 0.05) is 21.3 Å². The van der Waals surface area contributed by atoms with Gasteiger partial charge in [-0.3, -0.25) is 0 Å². The molecule has 1 aliphatic heterocycles. The summed E-state index contributed by atoms with van der Waals surface area (Å²) < 4.78 is 1.21. The van der Waals surface area contributed by atoms with Crippen LogP contribution in [0.5, 0.6) is 0 Å². The molecule has 0 bridgehead atoms. The standard InChI is InChI=1S/C15H25BrN2S/c1-12(13-4-3-6-17-9-13)5-7-18(2)10-15-8-14(16)11-19-15/h8,11-13,17H,3-7,9-10H2,1-2H3. The molecule has 1 saturated heterocycles. The van der Waals surface area contributed by atoms with Crippen molar-refractivity contribution < 1.29 is 0 Å². The number of hydrogen-bond acceptors (Lipinski definition) is 3. The van der Waals surface area contributed by atoms with Crippen LogP contribution in [0.25, 0.3) is 0 Å². The predicted molar refractivity (Wildman–Crippen MR) is 87.7 cm³/mol. The van der Waals surface area contributed by atoms with Crippen LogP contribution in [0.3, 0.4) is 0 Å². The van der Waals surface area contributed by atoms with E-state index in [0.29, 0.717) is 0 Å². The molecule has 0 saturated carbocycles. The minimum atomic E-state index is 0.838. The quantitative estimate of drug-likeness (QED) is 0.839. The molecule has 0 radical (unpaired) electrons. The maximum absolute atomic E-state index is 3.53. The molecule has 0 aromatic carbocycles. The molecule has 0 spiro atoms. The molecular weight excluding hydrogens is 320 g/mol. The van der Waals surface area contributed by atoms with Crippen LogP contribution < -0.4 is 5.32 Å². The maximum atomic E-state index is 3.53. The molecule has 4 heteroatoms. The molecule has 2 rings (SSSR count). The summed E-state index contributed by atoms with van der Waals surface area (Å²) in [5, 5.41) is 5.69. The van der Waals surface area contributed by atoms with E-state index in [-0.39, 0.29) is 0 Å². The van der Waals surface area contributed by atoms with Crippen LogP contribution >= 0.6 is 27.3 Å². The fraction of sp³-hybridized carbons (Fsp3) is 0.733. The zero-order valence-electron chi connectivity index (χ0n) is 12.0. The van der Waals surface area contributed by atoms with Crippen molar-refractivity contribution in [3.63, 3.8) is 0 Å². The number of piperidine rings is 1. The Labute approximate surface area is 129 Å². The van der Waals surface area contributed by atoms with E-state index in [0.717, 1.165) is 18.4 Å². The molecule has 2 nitrogen and oxygen atoms in total. The molecule has 1 fully saturated rings. The maximum Gasteiger partial charge on any atom is 0.0325 e. The van der Waals surface area contributed by atoms with E-state index in [2.05, 4.69) is 51.6 Å². The SMILES string of the molecule is CC(CCN(C)Cc1cc(Br)cs1)C1CCCNC1. The Hall–Kier alpha value is 0.1000. The van der Waals surface area contributed by atoms with E-state index >= 15 is 0 Å². The van der Waals surface area contributed by atoms with Crippen molar-refractivity contribution in [1.82, 2.24) is 10.2 Å². The van der Waals surface area contributed by atoms with Crippen LogP contribution in [-0.4, -0.2) is 31.6 Å². The first-order valence-electron chi connectivity index (χ1n) is 7.27. The zero-order chi connectivity index (χ0) is 13.7. The van der Waals surface area contributed by atoms with Gasteiger partial charge in [-0.25, -0.2) is 0 Å². The highest BCUT2D eigenvalue weighted by molar-refractivity contribution is 9.10. The summed E-state index contributed by atoms with van der Waals surface area (Å²) >= 11 is 5.36. The first-order chi connectivity index (χ1) is 9.15. The van der Waals surface area contributed by atoms with E-state index in [4.69, 9.17) is 0 Å². The van der Waals surface area contributed by atoms with Crippen molar-refractivity contribution >= 4 is 27.3 Å². The van der Waals surface area contributed by atoms with Gasteiger partial charge in [0.25, 0.3) is 0 Å². The van der Waals surface area contributed by atoms with E-state index in [9.17, 15) is 0 Å². The molecule has 2 unspecified atom stereocenters. The fourth-order valence-corrected chi connectivity index (χ4v) is 4.34. The first kappa shape index (κ1) is 15.5. The summed E-state index contributed by atoms with van der Waals surface area (Å²) in [7, 11) is 2.24. The lowest BCUT2D eigenvalue weighted by molar-refractivity contribution is 0.230. The number of hydrogen-bond donors (Lipinski definition) is 1. The monoisotopic (exact) mass is 344 g/mol. The Morgan fingerprint density at radius 2 is 2.42 bits per heavy atom. The number of rotatable bonds is 6. The summed E-state index contributed by atoms with van der Waals surface area (Å²) in [6.45, 7) is 7.14. The molecule has 108 valence electrons. The lowest BCUT2D eigenvalue weighted by Crippen LogP contribution is -2.34. The van der Waals surface area contributed by atoms with Crippen LogP contribution in [-0.2, 0) is 6.54 Å². The average molecular weight is 345 g/mol. The summed E-state index contributed by atoms with van der Waals surface area (Å²) in [5.74, 6) is 1.73. The number of thiophene rings is 1. The van der Waals surface area contributed by atoms with Crippen LogP contribution in [0.4, 0.5) is 0 Å². The normalized spacial score (nSPS) is 21.8. The van der Waals surface area contributed by atoms with Gasteiger partial charge in [-0.1, -0.05) is 6.92 Å². The van der Waals surface area contributed by atoms with E-state index in [1.165, 1.54) is 48.2 Å². The van der Waals surface area contributed by atoms with Crippen molar-refractivity contribution in [2.45, 2.75) is 32.7 Å². The molecule has 2 heterocycles. The van der Waals surface area contributed by atoms with Crippen LogP contribution in [0.1, 0.15) is 31.1 Å². The number of nitrogens with one attached hydrogen (secondary N) is 1. The number of nitrogens with zero attached hydrogens (tertiary/aromatic N) is 1. The number of halogens is 1. The molecule has 19 heavy (non-hydrogen) atoms. The van der Waals surface area contributed by atoms with Crippen molar-refractivity contribution in [3.05, 3.63) is 20.8 Å². The Bertz CT molecular complexity index is 374. The van der Waals surface area contributed by atoms with Crippen molar-refractivity contribution in [3.8, 4) is 0 Å². The van der Waals surface area contributed by atoms with Crippen molar-refractivity contribution in [1.29, 1.82) is 0 Å². The highest BCUT2D eigenvalue weighted by Crippen LogP contribution is 2.24. The molecule has 1 aliphatic rings. The average Bonchev–Trinajstić information content (AvgIpc) is 2.82. The van der Waals surface area contributed by atoms with Gasteiger partial charge in [0.2, 0.25) is 0 Å². The van der Waals surface area contributed by atoms with Gasteiger partial charge in [-0.2, -0.15) is 0 Å². The highest BCUT2D eigenvalue weighted by atomic mass is 79.9. The molecule has 0 aliphatic carbocycles. The summed E-state index contributed by atoms with van der Waals surface area (Å²) in [6.07, 6.45) is 4.08. The van der Waals surface area contributed by atoms with Crippen LogP contribution in [0, 0.1) is 11.8 Å². The Morgan fingerprint density at radius 1 is 1.58 bits per heavy atom. The van der Waals surface area contributed by atoms with Crippen molar-refractivity contribution in [2.75, 3.05) is 26.7 Å². The van der Waals surface area contributed by atoms with Gasteiger partial charge in [0.1, 0.15) is 0 Å². The largest absolute Gasteiger partial charge is 0.316 e. The van der Waals surface area contributed by atoms with Gasteiger partial charge in [-0.05, 0) is 79.8 Å². The Balaban J connectivity index is 1.69. The fourth-order valence-electron chi connectivity index (χ4n) is 2.81. The lowest BCUT2D eigenvalue weighted by Gasteiger charge is -2.29. The van der Waals surface area contributed by atoms with Gasteiger partial charge in [-0.15, -0.1) is 11.3 Å². The summed E-state index contributed by atoms with van der Waals surface area (Å²) in [4.78, 5) is 3.90. The minimum Gasteiger partial charge on any atom is -0.316 e. The summed E-state index contributed by atoms with van der Waals surface area (Å²) in [5.41, 5.74) is 0. The van der Waals surface area contributed by atoms with Gasteiger partial charge >= 0.3 is 0 Å². The predicted octanol–water partition coefficient (Wildman–Crippen LogP) is 3.97. The third-order valence-electron chi connectivity index (χ3n) is 4.15. The zero-order valence-corrected chi connectivity index (χ0v) is 14.4. The van der Waals surface area contributed by atoms with Crippen LogP contribution in [0.2, 0.25) is 0 Å². The lowest BCUT2D eigenvalue weighted by atomic mass is 9.85. The molecule has 1 N–H and O–H groups in total. The van der Waals surface area contributed by atoms with Gasteiger partial charge in [0.05, 0.1) is 0 Å². The second-order valence-electron chi connectivity index (χ2n) is 5.84. The molecule has 2 atom stereocenters. The van der Waals surface area contributed by atoms with E-state index in [1.54, 1.807) is 0 Å². The third-order valence-corrected chi connectivity index (χ3v) is 5.84. The molecule has 0 amide bonds. The molecule has 1 aromatic rings. The van der Waals surface area contributed by atoms with Gasteiger partial charge < -0.3 is 10.2 Å². The molecule has 1 aromatic heterocycles. The first-order valence-corrected chi connectivity index (χ1v) is 8.94. The third kappa shape index (κ3) is 5.18. The highest BCUT2D eigenvalue weighted by Gasteiger charge is 2.19. The summed E-state index contributed by atoms with van der Waals surface area (Å²) in [6, 6.07) is 2.23.